The third-order valence-electron chi connectivity index (χ3n) is 3.82. The number of aromatic nitrogens is 2. The van der Waals surface area contributed by atoms with Gasteiger partial charge in [0.05, 0.1) is 18.9 Å². The van der Waals surface area contributed by atoms with Crippen molar-refractivity contribution in [2.45, 2.75) is 17.3 Å². The number of amides is 1. The molecule has 1 amide bonds. The molecule has 0 fully saturated rings. The molecule has 0 spiro atoms. The van der Waals surface area contributed by atoms with E-state index >= 15 is 0 Å². The minimum Gasteiger partial charge on any atom is -0.497 e. The van der Waals surface area contributed by atoms with Crippen LogP contribution in [0.15, 0.2) is 57.3 Å². The molecule has 6 nitrogen and oxygen atoms in total. The largest absolute Gasteiger partial charge is 0.497 e. The van der Waals surface area contributed by atoms with E-state index in [1.807, 2.05) is 55.5 Å². The number of rotatable bonds is 8. The standard InChI is InChI=1S/C19H19BrN4O2S2/c1-12(13-3-5-14(20)6-4-13)21-17(25)11-27-19-24-23-18(28-19)22-15-7-9-16(26-2)10-8-15/h3-10,12H,11H2,1-2H3,(H,21,25)(H,22,23). The summed E-state index contributed by atoms with van der Waals surface area (Å²) in [5.41, 5.74) is 1.96. The van der Waals surface area contributed by atoms with E-state index in [2.05, 4.69) is 36.8 Å². The molecular weight excluding hydrogens is 460 g/mol. The predicted octanol–water partition coefficient (Wildman–Crippen LogP) is 5.02. The molecule has 1 aromatic heterocycles. The third kappa shape index (κ3) is 5.95. The Labute approximate surface area is 180 Å². The van der Waals surface area contributed by atoms with E-state index in [4.69, 9.17) is 4.74 Å². The zero-order valence-electron chi connectivity index (χ0n) is 15.3. The van der Waals surface area contributed by atoms with Crippen LogP contribution in [0, 0.1) is 0 Å². The van der Waals surface area contributed by atoms with Crippen molar-refractivity contribution in [3.63, 3.8) is 0 Å². The third-order valence-corrected chi connectivity index (χ3v) is 6.32. The molecule has 146 valence electrons. The number of nitrogens with zero attached hydrogens (tertiary/aromatic N) is 2. The molecule has 1 heterocycles. The summed E-state index contributed by atoms with van der Waals surface area (Å²) < 4.78 is 6.90. The first-order valence-corrected chi connectivity index (χ1v) is 11.0. The van der Waals surface area contributed by atoms with Crippen molar-refractivity contribution in [3.8, 4) is 5.75 Å². The number of methoxy groups -OCH3 is 1. The van der Waals surface area contributed by atoms with Gasteiger partial charge < -0.3 is 15.4 Å². The van der Waals surface area contributed by atoms with Crippen LogP contribution in [0.1, 0.15) is 18.5 Å². The van der Waals surface area contributed by atoms with Crippen molar-refractivity contribution in [1.82, 2.24) is 15.5 Å². The quantitative estimate of drug-likeness (QED) is 0.442. The van der Waals surface area contributed by atoms with Crippen LogP contribution >= 0.6 is 39.0 Å². The molecule has 1 atom stereocenters. The second-order valence-electron chi connectivity index (χ2n) is 5.86. The molecule has 1 unspecified atom stereocenters. The lowest BCUT2D eigenvalue weighted by Gasteiger charge is -2.14. The average molecular weight is 479 g/mol. The number of nitrogens with one attached hydrogen (secondary N) is 2. The second kappa shape index (κ2) is 9.90. The summed E-state index contributed by atoms with van der Waals surface area (Å²) in [5.74, 6) is 1.04. The molecule has 28 heavy (non-hydrogen) atoms. The molecule has 0 radical (unpaired) electrons. The molecule has 2 N–H and O–H groups in total. The Kier molecular flexibility index (Phi) is 7.30. The van der Waals surface area contributed by atoms with E-state index in [1.54, 1.807) is 7.11 Å². The molecule has 9 heteroatoms. The lowest BCUT2D eigenvalue weighted by atomic mass is 10.1. The molecule has 0 aliphatic heterocycles. The number of thioether (sulfide) groups is 1. The molecule has 0 aliphatic carbocycles. The van der Waals surface area contributed by atoms with E-state index in [9.17, 15) is 4.79 Å². The van der Waals surface area contributed by atoms with Crippen LogP contribution in [-0.2, 0) is 4.79 Å². The fourth-order valence-corrected chi connectivity index (χ4v) is 4.21. The lowest BCUT2D eigenvalue weighted by molar-refractivity contribution is -0.119. The van der Waals surface area contributed by atoms with E-state index < -0.39 is 0 Å². The van der Waals surface area contributed by atoms with Gasteiger partial charge >= 0.3 is 0 Å². The molecule has 0 aliphatic rings. The van der Waals surface area contributed by atoms with Crippen LogP contribution in [0.25, 0.3) is 0 Å². The Bertz CT molecular complexity index is 916. The zero-order valence-corrected chi connectivity index (χ0v) is 18.5. The van der Waals surface area contributed by atoms with Crippen LogP contribution < -0.4 is 15.4 Å². The molecular formula is C19H19BrN4O2S2. The molecule has 0 saturated carbocycles. The zero-order chi connectivity index (χ0) is 19.9. The number of hydrogen-bond acceptors (Lipinski definition) is 7. The highest BCUT2D eigenvalue weighted by Gasteiger charge is 2.12. The topological polar surface area (TPSA) is 76.1 Å². The van der Waals surface area contributed by atoms with Crippen LogP contribution in [0.5, 0.6) is 5.75 Å². The van der Waals surface area contributed by atoms with Crippen molar-refractivity contribution in [3.05, 3.63) is 58.6 Å². The van der Waals surface area contributed by atoms with Crippen molar-refractivity contribution in [1.29, 1.82) is 0 Å². The Morgan fingerprint density at radius 3 is 2.57 bits per heavy atom. The highest BCUT2D eigenvalue weighted by molar-refractivity contribution is 9.10. The number of hydrogen-bond donors (Lipinski definition) is 2. The molecule has 3 rings (SSSR count). The average Bonchev–Trinajstić information content (AvgIpc) is 3.15. The van der Waals surface area contributed by atoms with Gasteiger partial charge in [0.2, 0.25) is 11.0 Å². The summed E-state index contributed by atoms with van der Waals surface area (Å²) in [7, 11) is 1.63. The van der Waals surface area contributed by atoms with Crippen molar-refractivity contribution >= 4 is 55.8 Å². The van der Waals surface area contributed by atoms with Gasteiger partial charge in [-0.3, -0.25) is 4.79 Å². The molecule has 0 bridgehead atoms. The second-order valence-corrected chi connectivity index (χ2v) is 8.97. The maximum Gasteiger partial charge on any atom is 0.230 e. The van der Waals surface area contributed by atoms with Crippen molar-refractivity contribution in [2.24, 2.45) is 0 Å². The van der Waals surface area contributed by atoms with Crippen LogP contribution in [0.2, 0.25) is 0 Å². The number of carbonyl (C=O) groups is 1. The lowest BCUT2D eigenvalue weighted by Crippen LogP contribution is -2.28. The van der Waals surface area contributed by atoms with Gasteiger partial charge in [-0.15, -0.1) is 10.2 Å². The maximum atomic E-state index is 12.2. The summed E-state index contributed by atoms with van der Waals surface area (Å²) in [4.78, 5) is 12.2. The SMILES string of the molecule is COc1ccc(Nc2nnc(SCC(=O)NC(C)c3ccc(Br)cc3)s2)cc1. The van der Waals surface area contributed by atoms with E-state index in [0.29, 0.717) is 5.13 Å². The van der Waals surface area contributed by atoms with Crippen molar-refractivity contribution in [2.75, 3.05) is 18.2 Å². The molecule has 3 aromatic rings. The van der Waals surface area contributed by atoms with Gasteiger partial charge in [0.15, 0.2) is 4.34 Å². The minimum atomic E-state index is -0.0529. The smallest absolute Gasteiger partial charge is 0.230 e. The van der Waals surface area contributed by atoms with Crippen LogP contribution in [-0.4, -0.2) is 29.0 Å². The highest BCUT2D eigenvalue weighted by Crippen LogP contribution is 2.28. The van der Waals surface area contributed by atoms with Gasteiger partial charge in [-0.1, -0.05) is 51.2 Å². The summed E-state index contributed by atoms with van der Waals surface area (Å²) >= 11 is 6.19. The van der Waals surface area contributed by atoms with Crippen LogP contribution in [0.4, 0.5) is 10.8 Å². The Morgan fingerprint density at radius 2 is 1.89 bits per heavy atom. The number of carbonyl (C=O) groups excluding carboxylic acids is 1. The fourth-order valence-electron chi connectivity index (χ4n) is 2.36. The number of ether oxygens (including phenoxy) is 1. The number of benzene rings is 2. The summed E-state index contributed by atoms with van der Waals surface area (Å²) in [6.07, 6.45) is 0. The normalized spacial score (nSPS) is 11.7. The van der Waals surface area contributed by atoms with Gasteiger partial charge in [-0.2, -0.15) is 0 Å². The Hall–Kier alpha value is -2.10. The number of anilines is 2. The van der Waals surface area contributed by atoms with Crippen molar-refractivity contribution < 1.29 is 9.53 Å². The predicted molar refractivity (Wildman–Crippen MR) is 118 cm³/mol. The monoisotopic (exact) mass is 478 g/mol. The first-order valence-electron chi connectivity index (χ1n) is 8.45. The highest BCUT2D eigenvalue weighted by atomic mass is 79.9. The summed E-state index contributed by atoms with van der Waals surface area (Å²) in [5, 5.41) is 15.1. The van der Waals surface area contributed by atoms with Crippen LogP contribution in [0.3, 0.4) is 0 Å². The van der Waals surface area contributed by atoms with Gasteiger partial charge in [-0.05, 0) is 48.9 Å². The first kappa shape index (κ1) is 20.6. The fraction of sp³-hybridized carbons (Fsp3) is 0.211. The first-order chi connectivity index (χ1) is 13.5. The van der Waals surface area contributed by atoms with E-state index in [1.165, 1.54) is 23.1 Å². The van der Waals surface area contributed by atoms with E-state index in [-0.39, 0.29) is 17.7 Å². The summed E-state index contributed by atoms with van der Waals surface area (Å²) in [6.45, 7) is 1.97. The number of halogens is 1. The molecule has 0 saturated heterocycles. The maximum absolute atomic E-state index is 12.2. The minimum absolute atomic E-state index is 0.0414. The van der Waals surface area contributed by atoms with Gasteiger partial charge in [-0.25, -0.2) is 0 Å². The van der Waals surface area contributed by atoms with E-state index in [0.717, 1.165) is 25.8 Å². The van der Waals surface area contributed by atoms with Gasteiger partial charge in [0.1, 0.15) is 5.75 Å². The molecule has 2 aromatic carbocycles. The summed E-state index contributed by atoms with van der Waals surface area (Å²) in [6, 6.07) is 15.4. The Balaban J connectivity index is 1.48. The van der Waals surface area contributed by atoms with Gasteiger partial charge in [0.25, 0.3) is 0 Å². The van der Waals surface area contributed by atoms with Gasteiger partial charge in [0, 0.05) is 10.2 Å². The Morgan fingerprint density at radius 1 is 1.18 bits per heavy atom.